The third kappa shape index (κ3) is 3.89. The van der Waals surface area contributed by atoms with Gasteiger partial charge in [-0.25, -0.2) is 0 Å². The number of nitrogens with zero attached hydrogens (tertiary/aromatic N) is 1. The second kappa shape index (κ2) is 6.64. The van der Waals surface area contributed by atoms with E-state index in [4.69, 9.17) is 11.6 Å². The van der Waals surface area contributed by atoms with E-state index < -0.39 is 6.10 Å². The molecule has 1 unspecified atom stereocenters. The van der Waals surface area contributed by atoms with Gasteiger partial charge in [-0.1, -0.05) is 23.7 Å². The lowest BCUT2D eigenvalue weighted by atomic mass is 10.1. The number of hydrogen-bond acceptors (Lipinski definition) is 3. The van der Waals surface area contributed by atoms with Gasteiger partial charge in [0, 0.05) is 24.3 Å². The van der Waals surface area contributed by atoms with Gasteiger partial charge in [0.05, 0.1) is 6.10 Å². The molecule has 0 bridgehead atoms. The second-order valence-electron chi connectivity index (χ2n) is 4.79. The molecule has 0 heterocycles. The van der Waals surface area contributed by atoms with E-state index in [2.05, 4.69) is 0 Å². The predicted octanol–water partition coefficient (Wildman–Crippen LogP) is 3.61. The molecule has 1 atom stereocenters. The van der Waals surface area contributed by atoms with Crippen molar-refractivity contribution < 1.29 is 10.2 Å². The highest BCUT2D eigenvalue weighted by Crippen LogP contribution is 2.22. The van der Waals surface area contributed by atoms with Gasteiger partial charge in [0.2, 0.25) is 0 Å². The van der Waals surface area contributed by atoms with Gasteiger partial charge in [-0.05, 0) is 48.4 Å². The zero-order valence-electron chi connectivity index (χ0n) is 11.3. The third-order valence-electron chi connectivity index (χ3n) is 3.28. The van der Waals surface area contributed by atoms with Gasteiger partial charge in [0.15, 0.2) is 0 Å². The van der Waals surface area contributed by atoms with Crippen molar-refractivity contribution in [1.29, 1.82) is 0 Å². The molecule has 0 aliphatic heterocycles. The lowest BCUT2D eigenvalue weighted by Crippen LogP contribution is -2.20. The van der Waals surface area contributed by atoms with Crippen molar-refractivity contribution in [2.24, 2.45) is 0 Å². The fraction of sp³-hybridized carbons (Fsp3) is 0.250. The van der Waals surface area contributed by atoms with Crippen LogP contribution in [0, 0.1) is 0 Å². The first-order chi connectivity index (χ1) is 9.56. The lowest BCUT2D eigenvalue weighted by molar-refractivity contribution is 0.170. The Hall–Kier alpha value is -1.71. The summed E-state index contributed by atoms with van der Waals surface area (Å²) in [4.78, 5) is 2.04. The van der Waals surface area contributed by atoms with Gasteiger partial charge in [-0.2, -0.15) is 0 Å². The van der Waals surface area contributed by atoms with E-state index in [0.29, 0.717) is 18.0 Å². The zero-order valence-corrected chi connectivity index (χ0v) is 12.1. The molecule has 106 valence electrons. The number of aromatic hydroxyl groups is 1. The topological polar surface area (TPSA) is 43.7 Å². The molecule has 0 aliphatic carbocycles. The van der Waals surface area contributed by atoms with Crippen LogP contribution in [0.5, 0.6) is 5.75 Å². The van der Waals surface area contributed by atoms with Gasteiger partial charge >= 0.3 is 0 Å². The van der Waals surface area contributed by atoms with E-state index in [0.717, 1.165) is 11.3 Å². The number of benzene rings is 2. The van der Waals surface area contributed by atoms with Crippen molar-refractivity contribution in [1.82, 2.24) is 0 Å². The molecule has 2 N–H and O–H groups in total. The van der Waals surface area contributed by atoms with E-state index in [-0.39, 0.29) is 5.75 Å². The van der Waals surface area contributed by atoms with Crippen LogP contribution < -0.4 is 4.90 Å². The molecule has 0 fully saturated rings. The van der Waals surface area contributed by atoms with Crippen LogP contribution in [0.25, 0.3) is 0 Å². The minimum atomic E-state index is -0.508. The number of phenols is 1. The fourth-order valence-corrected chi connectivity index (χ4v) is 2.13. The molecule has 0 aliphatic rings. The summed E-state index contributed by atoms with van der Waals surface area (Å²) in [5.41, 5.74) is 1.87. The summed E-state index contributed by atoms with van der Waals surface area (Å²) in [6, 6.07) is 14.3. The summed E-state index contributed by atoms with van der Waals surface area (Å²) in [5.74, 6) is 0.253. The maximum Gasteiger partial charge on any atom is 0.115 e. The van der Waals surface area contributed by atoms with Crippen LogP contribution in [0.4, 0.5) is 5.69 Å². The first-order valence-electron chi connectivity index (χ1n) is 6.50. The van der Waals surface area contributed by atoms with Crippen LogP contribution in [0.3, 0.4) is 0 Å². The van der Waals surface area contributed by atoms with E-state index >= 15 is 0 Å². The molecule has 0 aromatic heterocycles. The van der Waals surface area contributed by atoms with Crippen LogP contribution in [0.15, 0.2) is 48.5 Å². The van der Waals surface area contributed by atoms with Gasteiger partial charge in [0.25, 0.3) is 0 Å². The highest BCUT2D eigenvalue weighted by atomic mass is 35.5. The monoisotopic (exact) mass is 291 g/mol. The van der Waals surface area contributed by atoms with Crippen LogP contribution in [-0.2, 0) is 0 Å². The molecule has 0 saturated carbocycles. The fourth-order valence-electron chi connectivity index (χ4n) is 2.00. The Kier molecular flexibility index (Phi) is 4.88. The lowest BCUT2D eigenvalue weighted by Gasteiger charge is -2.21. The minimum Gasteiger partial charge on any atom is -0.508 e. The van der Waals surface area contributed by atoms with Crippen molar-refractivity contribution in [2.45, 2.75) is 12.5 Å². The molecule has 2 aromatic carbocycles. The largest absolute Gasteiger partial charge is 0.508 e. The van der Waals surface area contributed by atoms with Crippen molar-refractivity contribution >= 4 is 17.3 Å². The average molecular weight is 292 g/mol. The number of aliphatic hydroxyl groups is 1. The Morgan fingerprint density at radius 3 is 2.25 bits per heavy atom. The molecule has 0 spiro atoms. The molecular weight excluding hydrogens is 274 g/mol. The second-order valence-corrected chi connectivity index (χ2v) is 5.23. The van der Waals surface area contributed by atoms with Crippen LogP contribution >= 0.6 is 11.6 Å². The Balaban J connectivity index is 1.91. The number of halogens is 1. The van der Waals surface area contributed by atoms with Crippen LogP contribution in [-0.4, -0.2) is 23.8 Å². The number of phenolic OH excluding ortho intramolecular Hbond substituents is 1. The predicted molar refractivity (Wildman–Crippen MR) is 82.4 cm³/mol. The minimum absolute atomic E-state index is 0.253. The molecule has 0 saturated heterocycles. The third-order valence-corrected chi connectivity index (χ3v) is 3.54. The summed E-state index contributed by atoms with van der Waals surface area (Å²) in [6.45, 7) is 0.717. The molecule has 20 heavy (non-hydrogen) atoms. The summed E-state index contributed by atoms with van der Waals surface area (Å²) in [5, 5.41) is 20.1. The SMILES string of the molecule is CN(CCC(O)c1ccc(Cl)cc1)c1ccc(O)cc1. The van der Waals surface area contributed by atoms with Crippen LogP contribution in [0.1, 0.15) is 18.1 Å². The molecule has 4 heteroatoms. The molecule has 3 nitrogen and oxygen atoms in total. The van der Waals surface area contributed by atoms with Gasteiger partial charge in [-0.15, -0.1) is 0 Å². The molecule has 0 radical (unpaired) electrons. The molecule has 2 aromatic rings. The van der Waals surface area contributed by atoms with Crippen LogP contribution in [0.2, 0.25) is 5.02 Å². The normalized spacial score (nSPS) is 12.2. The van der Waals surface area contributed by atoms with E-state index in [9.17, 15) is 10.2 Å². The van der Waals surface area contributed by atoms with Gasteiger partial charge < -0.3 is 15.1 Å². The van der Waals surface area contributed by atoms with Crippen molar-refractivity contribution in [3.63, 3.8) is 0 Å². The van der Waals surface area contributed by atoms with Crippen molar-refractivity contribution in [3.8, 4) is 5.75 Å². The molecular formula is C16H18ClNO2. The number of aliphatic hydroxyl groups excluding tert-OH is 1. The summed E-state index contributed by atoms with van der Waals surface area (Å²) < 4.78 is 0. The standard InChI is InChI=1S/C16H18ClNO2/c1-18(14-6-8-15(19)9-7-14)11-10-16(20)12-2-4-13(17)5-3-12/h2-9,16,19-20H,10-11H2,1H3. The smallest absolute Gasteiger partial charge is 0.115 e. The van der Waals surface area contributed by atoms with Crippen molar-refractivity contribution in [3.05, 3.63) is 59.1 Å². The summed E-state index contributed by atoms with van der Waals surface area (Å²) in [6.07, 6.45) is 0.116. The van der Waals surface area contributed by atoms with E-state index in [1.165, 1.54) is 0 Å². The Bertz CT molecular complexity index is 488. The molecule has 0 amide bonds. The number of anilines is 1. The van der Waals surface area contributed by atoms with Crippen molar-refractivity contribution in [2.75, 3.05) is 18.5 Å². The highest BCUT2D eigenvalue weighted by Gasteiger charge is 2.09. The first-order valence-corrected chi connectivity index (χ1v) is 6.88. The quantitative estimate of drug-likeness (QED) is 0.884. The number of rotatable bonds is 5. The Labute approximate surface area is 124 Å². The van der Waals surface area contributed by atoms with E-state index in [1.807, 2.05) is 36.2 Å². The Morgan fingerprint density at radius 1 is 1.05 bits per heavy atom. The Morgan fingerprint density at radius 2 is 1.65 bits per heavy atom. The maximum absolute atomic E-state index is 10.1. The zero-order chi connectivity index (χ0) is 14.5. The van der Waals surface area contributed by atoms with E-state index in [1.54, 1.807) is 24.3 Å². The van der Waals surface area contributed by atoms with Gasteiger partial charge in [-0.3, -0.25) is 0 Å². The summed E-state index contributed by atoms with van der Waals surface area (Å²) >= 11 is 5.83. The molecule has 2 rings (SSSR count). The average Bonchev–Trinajstić information content (AvgIpc) is 2.46. The number of hydrogen-bond donors (Lipinski definition) is 2. The highest BCUT2D eigenvalue weighted by molar-refractivity contribution is 6.30. The maximum atomic E-state index is 10.1. The van der Waals surface area contributed by atoms with Gasteiger partial charge in [0.1, 0.15) is 5.75 Å². The first kappa shape index (κ1) is 14.7. The summed E-state index contributed by atoms with van der Waals surface area (Å²) in [7, 11) is 1.96.